The first-order chi connectivity index (χ1) is 17.6. The largest absolute Gasteiger partial charge is 0.494 e. The van der Waals surface area contributed by atoms with E-state index in [0.29, 0.717) is 19.1 Å². The molecule has 1 aliphatic rings. The van der Waals surface area contributed by atoms with Crippen molar-refractivity contribution in [3.05, 3.63) is 90.0 Å². The highest BCUT2D eigenvalue weighted by atomic mass is 16.5. The molecule has 0 saturated heterocycles. The second-order valence-electron chi connectivity index (χ2n) is 8.77. The van der Waals surface area contributed by atoms with Gasteiger partial charge in [-0.15, -0.1) is 0 Å². The number of amides is 1. The minimum atomic E-state index is -1.05. The number of nitrogens with zero attached hydrogens (tertiary/aromatic N) is 3. The second-order valence-corrected chi connectivity index (χ2v) is 8.77. The summed E-state index contributed by atoms with van der Waals surface area (Å²) in [5.41, 5.74) is 3.37. The van der Waals surface area contributed by atoms with E-state index in [2.05, 4.69) is 6.92 Å². The topological polar surface area (TPSA) is 73.7 Å². The number of para-hydroxylation sites is 2. The lowest BCUT2D eigenvalue weighted by atomic mass is 9.89. The highest BCUT2D eigenvalue weighted by Gasteiger charge is 2.47. The normalized spacial score (nSPS) is 17.2. The third-order valence-corrected chi connectivity index (χ3v) is 6.36. The lowest BCUT2D eigenvalue weighted by molar-refractivity contribution is -0.153. The Hall–Kier alpha value is -4.13. The lowest BCUT2D eigenvalue weighted by Gasteiger charge is -2.38. The van der Waals surface area contributed by atoms with Crippen LogP contribution in [0.3, 0.4) is 0 Å². The van der Waals surface area contributed by atoms with Crippen molar-refractivity contribution in [2.24, 2.45) is 5.92 Å². The number of benzene rings is 3. The van der Waals surface area contributed by atoms with E-state index >= 15 is 0 Å². The number of hydrogen-bond donors (Lipinski definition) is 0. The fourth-order valence-electron chi connectivity index (χ4n) is 4.75. The molecule has 0 spiro atoms. The summed E-state index contributed by atoms with van der Waals surface area (Å²) in [6, 6.07) is 24.5. The molecule has 5 rings (SSSR count). The van der Waals surface area contributed by atoms with E-state index in [9.17, 15) is 9.59 Å². The Morgan fingerprint density at radius 3 is 2.39 bits per heavy atom. The SMILES string of the molecule is CCCOc1ccc([C@H]2[C@H](C(=O)OCC)C(=O)N(Cc3ccccc3)c3nc4ccccc4n32)cc1. The average molecular weight is 484 g/mol. The number of hydrogen-bond acceptors (Lipinski definition) is 5. The van der Waals surface area contributed by atoms with Crippen LogP contribution in [-0.4, -0.2) is 34.6 Å². The summed E-state index contributed by atoms with van der Waals surface area (Å²) in [6.45, 7) is 4.92. The monoisotopic (exact) mass is 483 g/mol. The standard InChI is InChI=1S/C29H29N3O4/c1-3-18-36-22-16-14-21(15-17-22)26-25(28(34)35-4-2)27(33)31(19-20-10-6-5-7-11-20)29-30-23-12-8-9-13-24(23)32(26)29/h5-17,25-26H,3-4,18-19H2,1-2H3/t25-,26-/m0/s1. The van der Waals surface area contributed by atoms with Crippen LogP contribution in [0.1, 0.15) is 37.4 Å². The molecule has 4 aromatic rings. The summed E-state index contributed by atoms with van der Waals surface area (Å²) in [4.78, 5) is 33.8. The summed E-state index contributed by atoms with van der Waals surface area (Å²) < 4.78 is 13.2. The first kappa shape index (κ1) is 23.6. The minimum absolute atomic E-state index is 0.190. The van der Waals surface area contributed by atoms with Crippen molar-refractivity contribution in [1.82, 2.24) is 9.55 Å². The predicted molar refractivity (Wildman–Crippen MR) is 138 cm³/mol. The number of fused-ring (bicyclic) bond motifs is 3. The van der Waals surface area contributed by atoms with Gasteiger partial charge in [0.05, 0.1) is 36.8 Å². The van der Waals surface area contributed by atoms with Crippen LogP contribution in [0.25, 0.3) is 11.0 Å². The molecule has 7 nitrogen and oxygen atoms in total. The predicted octanol–water partition coefficient (Wildman–Crippen LogP) is 5.14. The number of carbonyl (C=O) groups excluding carboxylic acids is 2. The molecule has 1 aliphatic heterocycles. The second kappa shape index (κ2) is 10.2. The number of ether oxygens (including phenoxy) is 2. The number of carbonyl (C=O) groups is 2. The van der Waals surface area contributed by atoms with Crippen molar-refractivity contribution in [2.75, 3.05) is 18.1 Å². The van der Waals surface area contributed by atoms with Crippen molar-refractivity contribution < 1.29 is 19.1 Å². The number of esters is 1. The van der Waals surface area contributed by atoms with Gasteiger partial charge in [0.2, 0.25) is 11.9 Å². The van der Waals surface area contributed by atoms with Crippen molar-refractivity contribution in [1.29, 1.82) is 0 Å². The maximum absolute atomic E-state index is 14.0. The molecule has 0 saturated carbocycles. The molecule has 0 bridgehead atoms. The molecule has 2 heterocycles. The molecule has 184 valence electrons. The van der Waals surface area contributed by atoms with Crippen molar-refractivity contribution in [3.8, 4) is 5.75 Å². The van der Waals surface area contributed by atoms with E-state index in [0.717, 1.165) is 34.3 Å². The lowest BCUT2D eigenvalue weighted by Crippen LogP contribution is -2.49. The van der Waals surface area contributed by atoms with E-state index in [1.54, 1.807) is 11.8 Å². The Labute approximate surface area is 210 Å². The molecule has 1 aromatic heterocycles. The Balaban J connectivity index is 1.68. The molecule has 7 heteroatoms. The van der Waals surface area contributed by atoms with Crippen LogP contribution in [0.4, 0.5) is 5.95 Å². The van der Waals surface area contributed by atoms with Crippen molar-refractivity contribution >= 4 is 28.9 Å². The quantitative estimate of drug-likeness (QED) is 0.256. The highest BCUT2D eigenvalue weighted by molar-refractivity contribution is 6.08. The molecule has 1 amide bonds. The third-order valence-electron chi connectivity index (χ3n) is 6.36. The molecule has 2 atom stereocenters. The smallest absolute Gasteiger partial charge is 0.321 e. The van der Waals surface area contributed by atoms with Crippen LogP contribution in [0.5, 0.6) is 5.75 Å². The zero-order chi connectivity index (χ0) is 25.1. The number of imidazole rings is 1. The zero-order valence-corrected chi connectivity index (χ0v) is 20.5. The van der Waals surface area contributed by atoms with Gasteiger partial charge in [0, 0.05) is 0 Å². The molecule has 0 N–H and O–H groups in total. The van der Waals surface area contributed by atoms with Gasteiger partial charge in [-0.25, -0.2) is 4.98 Å². The van der Waals surface area contributed by atoms with Crippen LogP contribution in [0.15, 0.2) is 78.9 Å². The van der Waals surface area contributed by atoms with Gasteiger partial charge in [-0.3, -0.25) is 14.5 Å². The molecule has 3 aromatic carbocycles. The van der Waals surface area contributed by atoms with Gasteiger partial charge >= 0.3 is 5.97 Å². The van der Waals surface area contributed by atoms with Gasteiger partial charge in [-0.1, -0.05) is 61.5 Å². The fraction of sp³-hybridized carbons (Fsp3) is 0.276. The molecular formula is C29H29N3O4. The Bertz CT molecular complexity index is 1360. The number of rotatable bonds is 8. The van der Waals surface area contributed by atoms with Gasteiger partial charge in [0.25, 0.3) is 0 Å². The molecular weight excluding hydrogens is 454 g/mol. The van der Waals surface area contributed by atoms with Crippen LogP contribution >= 0.6 is 0 Å². The Kier molecular flexibility index (Phi) is 6.71. The third kappa shape index (κ3) is 4.33. The maximum atomic E-state index is 14.0. The van der Waals surface area contributed by atoms with Gasteiger partial charge in [0.15, 0.2) is 5.92 Å². The van der Waals surface area contributed by atoms with E-state index < -0.39 is 17.9 Å². The van der Waals surface area contributed by atoms with E-state index in [-0.39, 0.29) is 12.5 Å². The van der Waals surface area contributed by atoms with E-state index in [1.165, 1.54) is 0 Å². The Morgan fingerprint density at radius 2 is 1.67 bits per heavy atom. The molecule has 36 heavy (non-hydrogen) atoms. The van der Waals surface area contributed by atoms with E-state index in [4.69, 9.17) is 14.5 Å². The van der Waals surface area contributed by atoms with Gasteiger partial charge < -0.3 is 14.0 Å². The molecule has 0 unspecified atom stereocenters. The summed E-state index contributed by atoms with van der Waals surface area (Å²) >= 11 is 0. The first-order valence-corrected chi connectivity index (χ1v) is 12.3. The first-order valence-electron chi connectivity index (χ1n) is 12.3. The minimum Gasteiger partial charge on any atom is -0.494 e. The van der Waals surface area contributed by atoms with Gasteiger partial charge in [-0.2, -0.15) is 0 Å². The Morgan fingerprint density at radius 1 is 0.944 bits per heavy atom. The summed E-state index contributed by atoms with van der Waals surface area (Å²) in [5, 5.41) is 0. The van der Waals surface area contributed by atoms with Crippen molar-refractivity contribution in [3.63, 3.8) is 0 Å². The van der Waals surface area contributed by atoms with Crippen LogP contribution in [0.2, 0.25) is 0 Å². The molecule has 0 fully saturated rings. The van der Waals surface area contributed by atoms with Gasteiger partial charge in [-0.05, 0) is 48.7 Å². The number of aromatic nitrogens is 2. The van der Waals surface area contributed by atoms with Crippen LogP contribution < -0.4 is 9.64 Å². The van der Waals surface area contributed by atoms with E-state index in [1.807, 2.05) is 83.4 Å². The maximum Gasteiger partial charge on any atom is 0.321 e. The van der Waals surface area contributed by atoms with Crippen molar-refractivity contribution in [2.45, 2.75) is 32.9 Å². The number of anilines is 1. The molecule has 0 radical (unpaired) electrons. The summed E-state index contributed by atoms with van der Waals surface area (Å²) in [6.07, 6.45) is 0.908. The van der Waals surface area contributed by atoms with Crippen LogP contribution in [0, 0.1) is 5.92 Å². The van der Waals surface area contributed by atoms with Gasteiger partial charge in [0.1, 0.15) is 5.75 Å². The summed E-state index contributed by atoms with van der Waals surface area (Å²) in [5.74, 6) is -0.656. The zero-order valence-electron chi connectivity index (χ0n) is 20.5. The molecule has 0 aliphatic carbocycles. The highest BCUT2D eigenvalue weighted by Crippen LogP contribution is 2.42. The summed E-state index contributed by atoms with van der Waals surface area (Å²) in [7, 11) is 0. The average Bonchev–Trinajstić information content (AvgIpc) is 3.29. The fourth-order valence-corrected chi connectivity index (χ4v) is 4.75. The van der Waals surface area contributed by atoms with Crippen LogP contribution in [-0.2, 0) is 20.9 Å².